The Labute approximate surface area is 118 Å². The monoisotopic (exact) mass is 272 g/mol. The van der Waals surface area contributed by atoms with Crippen molar-refractivity contribution in [1.82, 2.24) is 19.7 Å². The number of anilines is 1. The van der Waals surface area contributed by atoms with E-state index in [2.05, 4.69) is 40.7 Å². The van der Waals surface area contributed by atoms with Crippen LogP contribution in [0.2, 0.25) is 0 Å². The molecule has 1 saturated carbocycles. The summed E-state index contributed by atoms with van der Waals surface area (Å²) in [5.41, 5.74) is 7.13. The second kappa shape index (κ2) is 3.49. The smallest absolute Gasteiger partial charge is 0.163 e. The molecule has 3 heterocycles. The maximum Gasteiger partial charge on any atom is 0.163 e. The van der Waals surface area contributed by atoms with Crippen LogP contribution in [0.3, 0.4) is 0 Å². The van der Waals surface area contributed by atoms with E-state index in [4.69, 9.17) is 5.73 Å². The number of rotatable bonds is 1. The van der Waals surface area contributed by atoms with Crippen LogP contribution in [0, 0.1) is 5.92 Å². The van der Waals surface area contributed by atoms with Gasteiger partial charge in [0.25, 0.3) is 0 Å². The van der Waals surface area contributed by atoms with Crippen molar-refractivity contribution in [1.29, 1.82) is 0 Å². The van der Waals surface area contributed by atoms with E-state index in [1.54, 1.807) is 6.33 Å². The molecule has 1 aliphatic carbocycles. The molecule has 106 valence electrons. The molecule has 1 aliphatic heterocycles. The molecule has 20 heavy (non-hydrogen) atoms. The lowest BCUT2D eigenvalue weighted by atomic mass is 10.1. The van der Waals surface area contributed by atoms with Crippen LogP contribution in [0.15, 0.2) is 12.5 Å². The van der Waals surface area contributed by atoms with E-state index in [0.29, 0.717) is 5.92 Å². The van der Waals surface area contributed by atoms with Crippen LogP contribution in [0.5, 0.6) is 0 Å². The Balaban J connectivity index is 1.80. The van der Waals surface area contributed by atoms with Crippen LogP contribution in [0.25, 0.3) is 11.0 Å². The van der Waals surface area contributed by atoms with Crippen LogP contribution in [-0.4, -0.2) is 38.4 Å². The molecule has 2 aromatic heterocycles. The second-order valence-corrected chi connectivity index (χ2v) is 7.18. The Kier molecular flexibility index (Phi) is 2.11. The van der Waals surface area contributed by atoms with E-state index in [9.17, 15) is 0 Å². The lowest BCUT2D eigenvalue weighted by Crippen LogP contribution is -2.33. The van der Waals surface area contributed by atoms with Crippen molar-refractivity contribution >= 4 is 16.9 Å². The van der Waals surface area contributed by atoms with Gasteiger partial charge < -0.3 is 10.6 Å². The highest BCUT2D eigenvalue weighted by atomic mass is 15.3. The first-order chi connectivity index (χ1) is 9.38. The van der Waals surface area contributed by atoms with E-state index in [-0.39, 0.29) is 11.1 Å². The van der Waals surface area contributed by atoms with Gasteiger partial charge in [-0.1, -0.05) is 0 Å². The summed E-state index contributed by atoms with van der Waals surface area (Å²) in [5, 5.41) is 5.52. The van der Waals surface area contributed by atoms with E-state index < -0.39 is 0 Å². The van der Waals surface area contributed by atoms with E-state index in [1.165, 1.54) is 0 Å². The maximum absolute atomic E-state index is 6.29. The first-order valence-corrected chi connectivity index (χ1v) is 7.11. The number of nitrogens with two attached hydrogens (primary N) is 1. The summed E-state index contributed by atoms with van der Waals surface area (Å²) in [5.74, 6) is 1.60. The number of aromatic nitrogens is 4. The van der Waals surface area contributed by atoms with Crippen molar-refractivity contribution in [2.45, 2.75) is 38.3 Å². The van der Waals surface area contributed by atoms with Crippen LogP contribution in [0.1, 0.15) is 27.2 Å². The summed E-state index contributed by atoms with van der Waals surface area (Å²) in [6.07, 6.45) is 4.66. The van der Waals surface area contributed by atoms with E-state index in [0.717, 1.165) is 36.4 Å². The highest BCUT2D eigenvalue weighted by Gasteiger charge is 2.57. The lowest BCUT2D eigenvalue weighted by Gasteiger charge is -2.22. The number of hydrogen-bond donors (Lipinski definition) is 1. The zero-order chi connectivity index (χ0) is 14.1. The number of fused-ring (bicyclic) bond motifs is 2. The van der Waals surface area contributed by atoms with Crippen molar-refractivity contribution in [3.63, 3.8) is 0 Å². The van der Waals surface area contributed by atoms with Crippen molar-refractivity contribution in [2.24, 2.45) is 11.7 Å². The summed E-state index contributed by atoms with van der Waals surface area (Å²) in [4.78, 5) is 11.2. The fourth-order valence-corrected chi connectivity index (χ4v) is 3.26. The molecule has 2 aliphatic rings. The van der Waals surface area contributed by atoms with Crippen molar-refractivity contribution in [2.75, 3.05) is 18.0 Å². The van der Waals surface area contributed by atoms with Crippen LogP contribution in [0.4, 0.5) is 5.82 Å². The minimum absolute atomic E-state index is 0.0251. The minimum Gasteiger partial charge on any atom is -0.354 e. The molecule has 0 bridgehead atoms. The average molecular weight is 272 g/mol. The van der Waals surface area contributed by atoms with Gasteiger partial charge in [0.05, 0.1) is 17.1 Å². The summed E-state index contributed by atoms with van der Waals surface area (Å²) in [6, 6.07) is 0. The largest absolute Gasteiger partial charge is 0.354 e. The molecule has 4 rings (SSSR count). The van der Waals surface area contributed by atoms with Gasteiger partial charge in [-0.3, -0.25) is 0 Å². The predicted octanol–water partition coefficient (Wildman–Crippen LogP) is 1.12. The SMILES string of the molecule is CC(C)(C)n1ncc2c(N3C[C@@H]4C[C@]4(N)C3)ncnc21. The fourth-order valence-electron chi connectivity index (χ4n) is 3.26. The third kappa shape index (κ3) is 1.57. The molecule has 2 aromatic rings. The zero-order valence-electron chi connectivity index (χ0n) is 12.2. The van der Waals surface area contributed by atoms with Gasteiger partial charge in [0.1, 0.15) is 12.1 Å². The van der Waals surface area contributed by atoms with Crippen LogP contribution >= 0.6 is 0 Å². The van der Waals surface area contributed by atoms with Gasteiger partial charge in [-0.25, -0.2) is 14.6 Å². The second-order valence-electron chi connectivity index (χ2n) is 7.18. The lowest BCUT2D eigenvalue weighted by molar-refractivity contribution is 0.366. The maximum atomic E-state index is 6.29. The molecule has 2 fully saturated rings. The number of hydrogen-bond acceptors (Lipinski definition) is 5. The van der Waals surface area contributed by atoms with Gasteiger partial charge in [0, 0.05) is 18.6 Å². The van der Waals surface area contributed by atoms with E-state index in [1.807, 2.05) is 10.9 Å². The molecule has 2 atom stereocenters. The summed E-state index contributed by atoms with van der Waals surface area (Å²) < 4.78 is 1.96. The van der Waals surface area contributed by atoms with Crippen molar-refractivity contribution in [3.05, 3.63) is 12.5 Å². The quantitative estimate of drug-likeness (QED) is 0.842. The number of piperidine rings is 1. The summed E-state index contributed by atoms with van der Waals surface area (Å²) in [7, 11) is 0. The Morgan fingerprint density at radius 3 is 2.80 bits per heavy atom. The first-order valence-electron chi connectivity index (χ1n) is 7.11. The topological polar surface area (TPSA) is 72.9 Å². The third-order valence-electron chi connectivity index (χ3n) is 4.49. The molecule has 1 saturated heterocycles. The predicted molar refractivity (Wildman–Crippen MR) is 77.6 cm³/mol. The Bertz CT molecular complexity index is 685. The van der Waals surface area contributed by atoms with Crippen molar-refractivity contribution in [3.8, 4) is 0 Å². The molecular weight excluding hydrogens is 252 g/mol. The standard InChI is InChI=1S/C14H20N6/c1-13(2,3)20-12-10(5-18-20)11(16-8-17-12)19-6-9-4-14(9,15)7-19/h5,8-9H,4,6-7,15H2,1-3H3/t9-,14-/m0/s1. The summed E-state index contributed by atoms with van der Waals surface area (Å²) >= 11 is 0. The Hall–Kier alpha value is -1.69. The normalized spacial score (nSPS) is 29.0. The molecule has 0 unspecified atom stereocenters. The summed E-state index contributed by atoms with van der Waals surface area (Å²) in [6.45, 7) is 8.28. The molecule has 6 heteroatoms. The van der Waals surface area contributed by atoms with Crippen molar-refractivity contribution < 1.29 is 0 Å². The highest BCUT2D eigenvalue weighted by molar-refractivity contribution is 5.87. The molecule has 2 N–H and O–H groups in total. The average Bonchev–Trinajstić information content (AvgIpc) is 2.77. The third-order valence-corrected chi connectivity index (χ3v) is 4.49. The Morgan fingerprint density at radius 1 is 1.35 bits per heavy atom. The van der Waals surface area contributed by atoms with Gasteiger partial charge in [0.2, 0.25) is 0 Å². The van der Waals surface area contributed by atoms with Gasteiger partial charge in [-0.15, -0.1) is 0 Å². The minimum atomic E-state index is -0.0877. The first kappa shape index (κ1) is 12.1. The number of nitrogens with zero attached hydrogens (tertiary/aromatic N) is 5. The molecule has 0 radical (unpaired) electrons. The molecule has 0 aromatic carbocycles. The van der Waals surface area contributed by atoms with Gasteiger partial charge in [0.15, 0.2) is 5.65 Å². The van der Waals surface area contributed by atoms with Gasteiger partial charge in [-0.2, -0.15) is 5.10 Å². The molecule has 6 nitrogen and oxygen atoms in total. The molecule has 0 spiro atoms. The molecular formula is C14H20N6. The van der Waals surface area contributed by atoms with Crippen LogP contribution in [-0.2, 0) is 5.54 Å². The zero-order valence-corrected chi connectivity index (χ0v) is 12.2. The highest BCUT2D eigenvalue weighted by Crippen LogP contribution is 2.48. The van der Waals surface area contributed by atoms with Gasteiger partial charge in [-0.05, 0) is 33.1 Å². The fraction of sp³-hybridized carbons (Fsp3) is 0.643. The molecule has 0 amide bonds. The Morgan fingerprint density at radius 2 is 2.15 bits per heavy atom. The van der Waals surface area contributed by atoms with E-state index >= 15 is 0 Å². The van der Waals surface area contributed by atoms with Gasteiger partial charge >= 0.3 is 0 Å². The van der Waals surface area contributed by atoms with Crippen LogP contribution < -0.4 is 10.6 Å².